The number of halogens is 1. The Morgan fingerprint density at radius 1 is 1.67 bits per heavy atom. The van der Waals surface area contributed by atoms with E-state index in [1.54, 1.807) is 6.20 Å². The van der Waals surface area contributed by atoms with Gasteiger partial charge in [0.1, 0.15) is 5.82 Å². The van der Waals surface area contributed by atoms with Crippen LogP contribution in [-0.4, -0.2) is 36.1 Å². The minimum Gasteiger partial charge on any atom is -0.397 e. The second-order valence-electron chi connectivity index (χ2n) is 3.99. The SMILES string of the molecule is CN1CCC(Nc2ncc(N)cc2Br)C1. The Morgan fingerprint density at radius 3 is 3.07 bits per heavy atom. The van der Waals surface area contributed by atoms with Crippen LogP contribution in [0.3, 0.4) is 0 Å². The van der Waals surface area contributed by atoms with E-state index in [0.29, 0.717) is 11.7 Å². The van der Waals surface area contributed by atoms with Crippen LogP contribution in [0.4, 0.5) is 11.5 Å². The Morgan fingerprint density at radius 2 is 2.47 bits per heavy atom. The third kappa shape index (κ3) is 2.60. The third-order valence-electron chi connectivity index (χ3n) is 2.59. The standard InChI is InChI=1S/C10H15BrN4/c1-15-3-2-8(6-15)14-10-9(11)4-7(12)5-13-10/h4-5,8H,2-3,6,12H2,1H3,(H,13,14). The molecule has 1 aromatic rings. The monoisotopic (exact) mass is 270 g/mol. The second-order valence-corrected chi connectivity index (χ2v) is 4.85. The van der Waals surface area contributed by atoms with Crippen molar-refractivity contribution in [3.63, 3.8) is 0 Å². The van der Waals surface area contributed by atoms with Gasteiger partial charge in [0.2, 0.25) is 0 Å². The lowest BCUT2D eigenvalue weighted by atomic mass is 10.2. The van der Waals surface area contributed by atoms with Gasteiger partial charge >= 0.3 is 0 Å². The van der Waals surface area contributed by atoms with Crippen LogP contribution in [-0.2, 0) is 0 Å². The molecule has 2 rings (SSSR count). The molecule has 5 heteroatoms. The van der Waals surface area contributed by atoms with Crippen LogP contribution in [0.5, 0.6) is 0 Å². The van der Waals surface area contributed by atoms with Gasteiger partial charge in [-0.05, 0) is 42.0 Å². The molecule has 1 saturated heterocycles. The van der Waals surface area contributed by atoms with Crippen molar-refractivity contribution in [1.29, 1.82) is 0 Å². The van der Waals surface area contributed by atoms with Crippen LogP contribution in [0.2, 0.25) is 0 Å². The lowest BCUT2D eigenvalue weighted by Gasteiger charge is -2.14. The number of nitrogens with two attached hydrogens (primary N) is 1. The molecule has 1 aliphatic heterocycles. The third-order valence-corrected chi connectivity index (χ3v) is 3.20. The maximum atomic E-state index is 5.63. The van der Waals surface area contributed by atoms with Crippen LogP contribution < -0.4 is 11.1 Å². The molecule has 2 heterocycles. The van der Waals surface area contributed by atoms with E-state index < -0.39 is 0 Å². The fourth-order valence-electron chi connectivity index (χ4n) is 1.81. The molecule has 15 heavy (non-hydrogen) atoms. The van der Waals surface area contributed by atoms with E-state index in [2.05, 4.69) is 38.2 Å². The number of aromatic nitrogens is 1. The molecule has 0 aromatic carbocycles. The number of nitrogens with zero attached hydrogens (tertiary/aromatic N) is 2. The smallest absolute Gasteiger partial charge is 0.140 e. The van der Waals surface area contributed by atoms with Crippen molar-refractivity contribution in [2.45, 2.75) is 12.5 Å². The molecule has 0 saturated carbocycles. The second kappa shape index (κ2) is 4.37. The van der Waals surface area contributed by atoms with Gasteiger partial charge in [0.25, 0.3) is 0 Å². The minimum atomic E-state index is 0.488. The average Bonchev–Trinajstić information content (AvgIpc) is 2.56. The molecule has 4 nitrogen and oxygen atoms in total. The van der Waals surface area contributed by atoms with Crippen molar-refractivity contribution in [3.8, 4) is 0 Å². The number of likely N-dealkylation sites (N-methyl/N-ethyl adjacent to an activating group) is 1. The van der Waals surface area contributed by atoms with Crippen LogP contribution in [0, 0.1) is 0 Å². The Kier molecular flexibility index (Phi) is 3.11. The van der Waals surface area contributed by atoms with E-state index in [9.17, 15) is 0 Å². The highest BCUT2D eigenvalue weighted by molar-refractivity contribution is 9.10. The number of likely N-dealkylation sites (tertiary alicyclic amines) is 1. The molecule has 1 unspecified atom stereocenters. The van der Waals surface area contributed by atoms with Crippen molar-refractivity contribution in [3.05, 3.63) is 16.7 Å². The number of rotatable bonds is 2. The van der Waals surface area contributed by atoms with Crippen LogP contribution in [0.15, 0.2) is 16.7 Å². The number of nitrogens with one attached hydrogen (secondary N) is 1. The maximum Gasteiger partial charge on any atom is 0.140 e. The van der Waals surface area contributed by atoms with Gasteiger partial charge in [-0.3, -0.25) is 0 Å². The highest BCUT2D eigenvalue weighted by Gasteiger charge is 2.19. The Bertz CT molecular complexity index is 355. The van der Waals surface area contributed by atoms with Gasteiger partial charge in [-0.15, -0.1) is 0 Å². The zero-order valence-electron chi connectivity index (χ0n) is 8.70. The summed E-state index contributed by atoms with van der Waals surface area (Å²) >= 11 is 3.45. The van der Waals surface area contributed by atoms with Gasteiger partial charge in [0.15, 0.2) is 0 Å². The zero-order valence-corrected chi connectivity index (χ0v) is 10.3. The molecule has 0 bridgehead atoms. The van der Waals surface area contributed by atoms with Gasteiger partial charge in [0.05, 0.1) is 16.4 Å². The quantitative estimate of drug-likeness (QED) is 0.856. The summed E-state index contributed by atoms with van der Waals surface area (Å²) in [5.74, 6) is 0.879. The summed E-state index contributed by atoms with van der Waals surface area (Å²) in [5, 5.41) is 3.41. The highest BCUT2D eigenvalue weighted by Crippen LogP contribution is 2.23. The van der Waals surface area contributed by atoms with E-state index in [0.717, 1.165) is 29.8 Å². The molecule has 3 N–H and O–H groups in total. The number of pyridine rings is 1. The lowest BCUT2D eigenvalue weighted by molar-refractivity contribution is 0.414. The predicted molar refractivity (Wildman–Crippen MR) is 65.9 cm³/mol. The average molecular weight is 271 g/mol. The Balaban J connectivity index is 2.04. The molecule has 82 valence electrons. The number of anilines is 2. The molecule has 1 atom stereocenters. The largest absolute Gasteiger partial charge is 0.397 e. The van der Waals surface area contributed by atoms with E-state index in [1.165, 1.54) is 0 Å². The maximum absolute atomic E-state index is 5.63. The molecule has 0 radical (unpaired) electrons. The molecular formula is C10H15BrN4. The molecular weight excluding hydrogens is 256 g/mol. The number of hydrogen-bond donors (Lipinski definition) is 2. The summed E-state index contributed by atoms with van der Waals surface area (Å²) in [5.41, 5.74) is 6.31. The van der Waals surface area contributed by atoms with Crippen molar-refractivity contribution in [1.82, 2.24) is 9.88 Å². The van der Waals surface area contributed by atoms with Gasteiger partial charge in [-0.1, -0.05) is 0 Å². The van der Waals surface area contributed by atoms with Crippen molar-refractivity contribution in [2.75, 3.05) is 31.2 Å². The van der Waals surface area contributed by atoms with Crippen LogP contribution in [0.25, 0.3) is 0 Å². The summed E-state index contributed by atoms with van der Waals surface area (Å²) in [7, 11) is 2.13. The van der Waals surface area contributed by atoms with Gasteiger partial charge in [-0.2, -0.15) is 0 Å². The Labute approximate surface area is 98.0 Å². The molecule has 0 spiro atoms. The Hall–Kier alpha value is -0.810. The van der Waals surface area contributed by atoms with Crippen molar-refractivity contribution < 1.29 is 0 Å². The first kappa shape index (κ1) is 10.7. The predicted octanol–water partition coefficient (Wildman–Crippen LogP) is 1.54. The summed E-state index contributed by atoms with van der Waals surface area (Å²) in [6, 6.07) is 2.36. The van der Waals surface area contributed by atoms with E-state index in [-0.39, 0.29) is 0 Å². The molecule has 0 aliphatic carbocycles. The summed E-state index contributed by atoms with van der Waals surface area (Å²) in [4.78, 5) is 6.57. The fourth-order valence-corrected chi connectivity index (χ4v) is 2.29. The van der Waals surface area contributed by atoms with Crippen LogP contribution >= 0.6 is 15.9 Å². The van der Waals surface area contributed by atoms with E-state index in [1.807, 2.05) is 6.07 Å². The zero-order chi connectivity index (χ0) is 10.8. The first-order chi connectivity index (χ1) is 7.15. The highest BCUT2D eigenvalue weighted by atomic mass is 79.9. The van der Waals surface area contributed by atoms with Crippen molar-refractivity contribution >= 4 is 27.4 Å². The topological polar surface area (TPSA) is 54.2 Å². The molecule has 0 amide bonds. The van der Waals surface area contributed by atoms with E-state index >= 15 is 0 Å². The first-order valence-corrected chi connectivity index (χ1v) is 5.80. The fraction of sp³-hybridized carbons (Fsp3) is 0.500. The molecule has 1 fully saturated rings. The van der Waals surface area contributed by atoms with Crippen LogP contribution in [0.1, 0.15) is 6.42 Å². The minimum absolute atomic E-state index is 0.488. The summed E-state index contributed by atoms with van der Waals surface area (Å²) in [6.07, 6.45) is 2.83. The normalized spacial score (nSPS) is 21.9. The molecule has 1 aliphatic rings. The van der Waals surface area contributed by atoms with Gasteiger partial charge < -0.3 is 16.0 Å². The lowest BCUT2D eigenvalue weighted by Crippen LogP contribution is -2.24. The van der Waals surface area contributed by atoms with Gasteiger partial charge in [0, 0.05) is 12.6 Å². The summed E-state index contributed by atoms with van der Waals surface area (Å²) < 4.78 is 0.928. The number of hydrogen-bond acceptors (Lipinski definition) is 4. The van der Waals surface area contributed by atoms with E-state index in [4.69, 9.17) is 5.73 Å². The first-order valence-electron chi connectivity index (χ1n) is 5.01. The summed E-state index contributed by atoms with van der Waals surface area (Å²) in [6.45, 7) is 2.21. The van der Waals surface area contributed by atoms with Gasteiger partial charge in [-0.25, -0.2) is 4.98 Å². The molecule has 1 aromatic heterocycles. The number of nitrogen functional groups attached to an aromatic ring is 1. The van der Waals surface area contributed by atoms with Crippen molar-refractivity contribution in [2.24, 2.45) is 0 Å².